The van der Waals surface area contributed by atoms with Crippen LogP contribution in [-0.4, -0.2) is 24.3 Å². The van der Waals surface area contributed by atoms with Crippen LogP contribution in [-0.2, 0) is 4.74 Å². The Bertz CT molecular complexity index is 429. The molecule has 2 rings (SSSR count). The van der Waals surface area contributed by atoms with Crippen LogP contribution < -0.4 is 10.1 Å². The summed E-state index contributed by atoms with van der Waals surface area (Å²) in [6, 6.07) is 9.24. The molecule has 1 unspecified atom stereocenters. The van der Waals surface area contributed by atoms with E-state index in [0.717, 1.165) is 25.7 Å². The van der Waals surface area contributed by atoms with Crippen LogP contribution in [0.5, 0.6) is 5.75 Å². The molecule has 20 heavy (non-hydrogen) atoms. The molecular formula is C16H23NO3. The number of benzene rings is 1. The van der Waals surface area contributed by atoms with Gasteiger partial charge >= 0.3 is 6.09 Å². The fourth-order valence-corrected chi connectivity index (χ4v) is 2.69. The van der Waals surface area contributed by atoms with E-state index in [1.807, 2.05) is 18.2 Å². The van der Waals surface area contributed by atoms with E-state index in [4.69, 9.17) is 9.47 Å². The first kappa shape index (κ1) is 14.9. The lowest BCUT2D eigenvalue weighted by atomic mass is 9.86. The fourth-order valence-electron chi connectivity index (χ4n) is 2.69. The molecule has 1 saturated heterocycles. The molecule has 1 aliphatic rings. The Labute approximate surface area is 120 Å². The summed E-state index contributed by atoms with van der Waals surface area (Å²) in [4.78, 5) is 11.9. The molecule has 0 bridgehead atoms. The molecule has 0 aliphatic carbocycles. The Balaban J connectivity index is 1.88. The summed E-state index contributed by atoms with van der Waals surface area (Å²) in [5.74, 6) is 0.564. The maximum atomic E-state index is 11.9. The van der Waals surface area contributed by atoms with Gasteiger partial charge in [0.2, 0.25) is 0 Å². The smallest absolute Gasteiger partial charge is 0.410 e. The van der Waals surface area contributed by atoms with Crippen LogP contribution in [0.15, 0.2) is 30.3 Å². The molecule has 4 heteroatoms. The third-order valence-electron chi connectivity index (χ3n) is 4.06. The summed E-state index contributed by atoms with van der Waals surface area (Å²) in [5, 5.41) is 2.95. The zero-order valence-electron chi connectivity index (χ0n) is 12.2. The lowest BCUT2D eigenvalue weighted by Crippen LogP contribution is -2.48. The van der Waals surface area contributed by atoms with Crippen LogP contribution in [0.3, 0.4) is 0 Å². The largest absolute Gasteiger partial charge is 0.412 e. The average molecular weight is 277 g/mol. The van der Waals surface area contributed by atoms with Gasteiger partial charge in [0.05, 0.1) is 5.60 Å². The maximum Gasteiger partial charge on any atom is 0.412 e. The van der Waals surface area contributed by atoms with E-state index in [0.29, 0.717) is 12.4 Å². The number of carbonyl (C=O) groups excluding carboxylic acids is 1. The number of amides is 1. The molecule has 1 heterocycles. The van der Waals surface area contributed by atoms with Gasteiger partial charge in [0, 0.05) is 12.6 Å². The van der Waals surface area contributed by atoms with Crippen LogP contribution in [0, 0.1) is 0 Å². The van der Waals surface area contributed by atoms with E-state index in [2.05, 4.69) is 19.2 Å². The van der Waals surface area contributed by atoms with Gasteiger partial charge in [0.1, 0.15) is 5.75 Å². The van der Waals surface area contributed by atoms with E-state index in [1.54, 1.807) is 12.1 Å². The summed E-state index contributed by atoms with van der Waals surface area (Å²) >= 11 is 0. The van der Waals surface area contributed by atoms with Gasteiger partial charge in [0.25, 0.3) is 0 Å². The Kier molecular flexibility index (Phi) is 5.01. The first-order valence-corrected chi connectivity index (χ1v) is 7.35. The van der Waals surface area contributed by atoms with Gasteiger partial charge in [-0.3, -0.25) is 0 Å². The Morgan fingerprint density at radius 1 is 1.35 bits per heavy atom. The lowest BCUT2D eigenvalue weighted by Gasteiger charge is -2.40. The summed E-state index contributed by atoms with van der Waals surface area (Å²) < 4.78 is 11.2. The lowest BCUT2D eigenvalue weighted by molar-refractivity contribution is -0.0919. The number of hydrogen-bond acceptors (Lipinski definition) is 3. The maximum absolute atomic E-state index is 11.9. The van der Waals surface area contributed by atoms with Gasteiger partial charge < -0.3 is 14.8 Å². The molecular weight excluding hydrogens is 254 g/mol. The highest BCUT2D eigenvalue weighted by atomic mass is 16.6. The van der Waals surface area contributed by atoms with Gasteiger partial charge in [-0.2, -0.15) is 0 Å². The second-order valence-electron chi connectivity index (χ2n) is 5.28. The monoisotopic (exact) mass is 277 g/mol. The van der Waals surface area contributed by atoms with Gasteiger partial charge in [-0.15, -0.1) is 0 Å². The molecule has 0 saturated carbocycles. The second kappa shape index (κ2) is 6.75. The molecule has 1 atom stereocenters. The molecule has 110 valence electrons. The predicted molar refractivity (Wildman–Crippen MR) is 77.9 cm³/mol. The van der Waals surface area contributed by atoms with Crippen molar-refractivity contribution in [1.82, 2.24) is 5.32 Å². The number of hydrogen-bond donors (Lipinski definition) is 1. The van der Waals surface area contributed by atoms with Gasteiger partial charge in [-0.1, -0.05) is 32.0 Å². The Morgan fingerprint density at radius 2 is 2.05 bits per heavy atom. The summed E-state index contributed by atoms with van der Waals surface area (Å²) in [6.45, 7) is 4.96. The minimum atomic E-state index is -0.385. The van der Waals surface area contributed by atoms with Crippen molar-refractivity contribution >= 4 is 6.09 Å². The van der Waals surface area contributed by atoms with Crippen LogP contribution in [0.4, 0.5) is 4.79 Å². The van der Waals surface area contributed by atoms with Crippen molar-refractivity contribution in [2.75, 3.05) is 6.61 Å². The predicted octanol–water partition coefficient (Wildman–Crippen LogP) is 3.51. The van der Waals surface area contributed by atoms with E-state index < -0.39 is 0 Å². The third-order valence-corrected chi connectivity index (χ3v) is 4.06. The molecule has 4 nitrogen and oxygen atoms in total. The molecule has 1 N–H and O–H groups in total. The fraction of sp³-hybridized carbons (Fsp3) is 0.562. The van der Waals surface area contributed by atoms with E-state index in [-0.39, 0.29) is 17.7 Å². The first-order chi connectivity index (χ1) is 9.67. The zero-order chi connectivity index (χ0) is 14.4. The number of carbonyl (C=O) groups is 1. The van der Waals surface area contributed by atoms with E-state index in [9.17, 15) is 4.79 Å². The molecule has 0 aromatic heterocycles. The third kappa shape index (κ3) is 3.73. The van der Waals surface area contributed by atoms with Crippen molar-refractivity contribution in [3.63, 3.8) is 0 Å². The van der Waals surface area contributed by atoms with Crippen LogP contribution in [0.2, 0.25) is 0 Å². The van der Waals surface area contributed by atoms with Crippen molar-refractivity contribution in [2.45, 2.75) is 51.2 Å². The van der Waals surface area contributed by atoms with Gasteiger partial charge in [-0.25, -0.2) is 4.79 Å². The van der Waals surface area contributed by atoms with Gasteiger partial charge in [0.15, 0.2) is 0 Å². The highest BCUT2D eigenvalue weighted by Gasteiger charge is 2.35. The molecule has 1 aliphatic heterocycles. The standard InChI is InChI=1S/C16H23NO3/c1-3-16(4-2)12-13(10-11-19-16)17-15(18)20-14-8-6-5-7-9-14/h5-9,13H,3-4,10-12H2,1-2H3,(H,17,18). The van der Waals surface area contributed by atoms with Crippen LogP contribution in [0.25, 0.3) is 0 Å². The number of para-hydroxylation sites is 1. The van der Waals surface area contributed by atoms with Crippen LogP contribution in [0.1, 0.15) is 39.5 Å². The normalized spacial score (nSPS) is 21.2. The summed E-state index contributed by atoms with van der Waals surface area (Å²) in [6.07, 6.45) is 3.24. The zero-order valence-corrected chi connectivity index (χ0v) is 12.2. The minimum Gasteiger partial charge on any atom is -0.410 e. The number of rotatable bonds is 4. The van der Waals surface area contributed by atoms with Crippen LogP contribution >= 0.6 is 0 Å². The molecule has 0 radical (unpaired) electrons. The van der Waals surface area contributed by atoms with E-state index >= 15 is 0 Å². The quantitative estimate of drug-likeness (QED) is 0.916. The van der Waals surface area contributed by atoms with Crippen molar-refractivity contribution in [2.24, 2.45) is 0 Å². The molecule has 1 amide bonds. The molecule has 1 fully saturated rings. The Hall–Kier alpha value is -1.55. The van der Waals surface area contributed by atoms with E-state index in [1.165, 1.54) is 0 Å². The second-order valence-corrected chi connectivity index (χ2v) is 5.28. The number of ether oxygens (including phenoxy) is 2. The molecule has 0 spiro atoms. The molecule has 1 aromatic rings. The van der Waals surface area contributed by atoms with Crippen molar-refractivity contribution < 1.29 is 14.3 Å². The topological polar surface area (TPSA) is 47.6 Å². The SMILES string of the molecule is CCC1(CC)CC(NC(=O)Oc2ccccc2)CCO1. The number of nitrogens with one attached hydrogen (secondary N) is 1. The average Bonchev–Trinajstić information content (AvgIpc) is 2.48. The molecule has 1 aromatic carbocycles. The summed E-state index contributed by atoms with van der Waals surface area (Å²) in [7, 11) is 0. The highest BCUT2D eigenvalue weighted by molar-refractivity contribution is 5.70. The van der Waals surface area contributed by atoms with Crippen molar-refractivity contribution in [1.29, 1.82) is 0 Å². The Morgan fingerprint density at radius 3 is 2.70 bits per heavy atom. The highest BCUT2D eigenvalue weighted by Crippen LogP contribution is 2.31. The summed E-state index contributed by atoms with van der Waals surface area (Å²) in [5.41, 5.74) is -0.0943. The first-order valence-electron chi connectivity index (χ1n) is 7.35. The van der Waals surface area contributed by atoms with Gasteiger partial charge in [-0.05, 0) is 37.8 Å². The minimum absolute atomic E-state index is 0.0943. The van der Waals surface area contributed by atoms with Crippen molar-refractivity contribution in [3.05, 3.63) is 30.3 Å². The van der Waals surface area contributed by atoms with Crippen molar-refractivity contribution in [3.8, 4) is 5.75 Å².